The fourth-order valence-electron chi connectivity index (χ4n) is 1.99. The number of aromatic nitrogens is 1. The van der Waals surface area contributed by atoms with Gasteiger partial charge in [-0.25, -0.2) is 4.98 Å². The first-order valence-electron chi connectivity index (χ1n) is 7.61. The number of hydrogen-bond acceptors (Lipinski definition) is 5. The topological polar surface area (TPSA) is 51.2 Å². The molecular formula is C17H22N2O2S2. The molecule has 0 aliphatic rings. The van der Waals surface area contributed by atoms with E-state index in [-0.39, 0.29) is 5.91 Å². The summed E-state index contributed by atoms with van der Waals surface area (Å²) in [4.78, 5) is 17.6. The van der Waals surface area contributed by atoms with Crippen molar-refractivity contribution in [2.24, 2.45) is 0 Å². The number of thiazole rings is 1. The van der Waals surface area contributed by atoms with Crippen LogP contribution in [0.15, 0.2) is 24.3 Å². The molecule has 1 aromatic carbocycles. The van der Waals surface area contributed by atoms with E-state index in [0.717, 1.165) is 21.9 Å². The molecule has 0 fully saturated rings. The second-order valence-corrected chi connectivity index (χ2v) is 8.06. The van der Waals surface area contributed by atoms with Crippen LogP contribution in [0.1, 0.15) is 25.6 Å². The number of thioether (sulfide) groups is 1. The Morgan fingerprint density at radius 3 is 2.65 bits per heavy atom. The quantitative estimate of drug-likeness (QED) is 0.793. The summed E-state index contributed by atoms with van der Waals surface area (Å²) in [6.45, 7) is 8.79. The van der Waals surface area contributed by atoms with Crippen LogP contribution in [0, 0.1) is 6.92 Å². The Balaban J connectivity index is 2.07. The largest absolute Gasteiger partial charge is 0.494 e. The van der Waals surface area contributed by atoms with Gasteiger partial charge in [0.25, 0.3) is 0 Å². The van der Waals surface area contributed by atoms with Crippen molar-refractivity contribution in [3.05, 3.63) is 29.1 Å². The maximum Gasteiger partial charge on any atom is 0.236 e. The van der Waals surface area contributed by atoms with Crippen molar-refractivity contribution in [2.75, 3.05) is 17.7 Å². The molecular weight excluding hydrogens is 328 g/mol. The zero-order chi connectivity index (χ0) is 16.8. The van der Waals surface area contributed by atoms with E-state index in [1.165, 1.54) is 11.3 Å². The predicted octanol–water partition coefficient (Wildman–Crippen LogP) is 4.60. The van der Waals surface area contributed by atoms with Crippen LogP contribution in [0.5, 0.6) is 5.75 Å². The summed E-state index contributed by atoms with van der Waals surface area (Å²) in [5, 5.41) is 3.98. The molecule has 1 aromatic heterocycles. The molecule has 2 aromatic rings. The Morgan fingerprint density at radius 1 is 1.35 bits per heavy atom. The summed E-state index contributed by atoms with van der Waals surface area (Å²) in [5.41, 5.74) is 1.93. The molecule has 0 atom stereocenters. The van der Waals surface area contributed by atoms with E-state index in [2.05, 4.69) is 24.1 Å². The minimum Gasteiger partial charge on any atom is -0.494 e. The van der Waals surface area contributed by atoms with Crippen molar-refractivity contribution >= 4 is 34.1 Å². The molecule has 2 rings (SSSR count). The maximum atomic E-state index is 11.9. The second-order valence-electron chi connectivity index (χ2n) is 5.29. The summed E-state index contributed by atoms with van der Waals surface area (Å²) in [6, 6.07) is 7.87. The molecule has 6 heteroatoms. The molecule has 1 amide bonds. The maximum absolute atomic E-state index is 11.9. The molecule has 0 radical (unpaired) electrons. The van der Waals surface area contributed by atoms with Crippen molar-refractivity contribution in [1.82, 2.24) is 4.98 Å². The summed E-state index contributed by atoms with van der Waals surface area (Å²) < 4.78 is 5.45. The normalized spacial score (nSPS) is 10.8. The zero-order valence-corrected chi connectivity index (χ0v) is 15.5. The van der Waals surface area contributed by atoms with E-state index in [9.17, 15) is 4.79 Å². The average Bonchev–Trinajstić information content (AvgIpc) is 2.87. The molecule has 0 aliphatic carbocycles. The third-order valence-corrected chi connectivity index (χ3v) is 5.01. The van der Waals surface area contributed by atoms with Crippen molar-refractivity contribution in [3.8, 4) is 17.0 Å². The number of carbonyl (C=O) groups excluding carboxylic acids is 1. The number of amides is 1. The van der Waals surface area contributed by atoms with E-state index in [4.69, 9.17) is 4.74 Å². The van der Waals surface area contributed by atoms with E-state index in [1.54, 1.807) is 11.8 Å². The first kappa shape index (κ1) is 17.8. The molecule has 23 heavy (non-hydrogen) atoms. The van der Waals surface area contributed by atoms with E-state index in [1.807, 2.05) is 38.1 Å². The number of nitrogens with one attached hydrogen (secondary N) is 1. The van der Waals surface area contributed by atoms with Gasteiger partial charge in [0, 0.05) is 10.4 Å². The van der Waals surface area contributed by atoms with Gasteiger partial charge in [0.1, 0.15) is 5.75 Å². The molecule has 0 aliphatic heterocycles. The van der Waals surface area contributed by atoms with Crippen LogP contribution in [0.4, 0.5) is 5.13 Å². The highest BCUT2D eigenvalue weighted by Gasteiger charge is 2.12. The minimum absolute atomic E-state index is 0.00399. The van der Waals surface area contributed by atoms with Crippen molar-refractivity contribution in [2.45, 2.75) is 32.9 Å². The Labute approximate surface area is 145 Å². The van der Waals surface area contributed by atoms with Gasteiger partial charge in [-0.3, -0.25) is 4.79 Å². The molecule has 0 saturated carbocycles. The van der Waals surface area contributed by atoms with Crippen molar-refractivity contribution in [3.63, 3.8) is 0 Å². The van der Waals surface area contributed by atoms with Gasteiger partial charge in [0.15, 0.2) is 5.13 Å². The zero-order valence-electron chi connectivity index (χ0n) is 13.9. The molecule has 0 saturated heterocycles. The monoisotopic (exact) mass is 350 g/mol. The van der Waals surface area contributed by atoms with Crippen LogP contribution in [0.3, 0.4) is 0 Å². The summed E-state index contributed by atoms with van der Waals surface area (Å²) in [5.74, 6) is 1.30. The Morgan fingerprint density at radius 2 is 2.04 bits per heavy atom. The lowest BCUT2D eigenvalue weighted by Gasteiger charge is -2.04. The Bertz CT molecular complexity index is 651. The highest BCUT2D eigenvalue weighted by molar-refractivity contribution is 8.00. The summed E-state index contributed by atoms with van der Waals surface area (Å²) in [6.07, 6.45) is 0. The van der Waals surface area contributed by atoms with Gasteiger partial charge in [0.05, 0.1) is 18.1 Å². The fraction of sp³-hybridized carbons (Fsp3) is 0.412. The standard InChI is InChI=1S/C17H22N2O2S2/c1-5-21-14-8-6-13(7-9-14)16-12(4)23-17(19-16)18-15(20)10-22-11(2)3/h6-9,11H,5,10H2,1-4H3,(H,18,19,20). The van der Waals surface area contributed by atoms with Gasteiger partial charge in [-0.05, 0) is 43.4 Å². The van der Waals surface area contributed by atoms with Crippen LogP contribution >= 0.6 is 23.1 Å². The van der Waals surface area contributed by atoms with E-state index >= 15 is 0 Å². The van der Waals surface area contributed by atoms with Gasteiger partial charge in [-0.1, -0.05) is 13.8 Å². The van der Waals surface area contributed by atoms with Gasteiger partial charge >= 0.3 is 0 Å². The van der Waals surface area contributed by atoms with Gasteiger partial charge in [0.2, 0.25) is 5.91 Å². The van der Waals surface area contributed by atoms with Gasteiger partial charge in [-0.2, -0.15) is 0 Å². The Hall–Kier alpha value is -1.53. The van der Waals surface area contributed by atoms with Crippen molar-refractivity contribution in [1.29, 1.82) is 0 Å². The van der Waals surface area contributed by atoms with Gasteiger partial charge < -0.3 is 10.1 Å². The van der Waals surface area contributed by atoms with Crippen LogP contribution in [-0.4, -0.2) is 28.5 Å². The number of hydrogen-bond donors (Lipinski definition) is 1. The first-order chi connectivity index (χ1) is 11.0. The molecule has 1 N–H and O–H groups in total. The predicted molar refractivity (Wildman–Crippen MR) is 99.7 cm³/mol. The molecule has 0 bridgehead atoms. The Kier molecular flexibility index (Phi) is 6.47. The lowest BCUT2D eigenvalue weighted by molar-refractivity contribution is -0.113. The number of rotatable bonds is 7. The fourth-order valence-corrected chi connectivity index (χ4v) is 3.40. The molecule has 124 valence electrons. The summed E-state index contributed by atoms with van der Waals surface area (Å²) >= 11 is 3.13. The van der Waals surface area contributed by atoms with Crippen LogP contribution in [0.25, 0.3) is 11.3 Å². The minimum atomic E-state index is -0.00399. The third-order valence-electron chi connectivity index (χ3n) is 3.03. The van der Waals surface area contributed by atoms with E-state index < -0.39 is 0 Å². The lowest BCUT2D eigenvalue weighted by Crippen LogP contribution is -2.15. The van der Waals surface area contributed by atoms with Crippen molar-refractivity contribution < 1.29 is 9.53 Å². The first-order valence-corrected chi connectivity index (χ1v) is 9.48. The van der Waals surface area contributed by atoms with Crippen LogP contribution < -0.4 is 10.1 Å². The highest BCUT2D eigenvalue weighted by Crippen LogP contribution is 2.31. The lowest BCUT2D eigenvalue weighted by atomic mass is 10.1. The molecule has 0 unspecified atom stereocenters. The number of benzene rings is 1. The number of aryl methyl sites for hydroxylation is 1. The number of nitrogens with zero attached hydrogens (tertiary/aromatic N) is 1. The second kappa shape index (κ2) is 8.36. The summed E-state index contributed by atoms with van der Waals surface area (Å²) in [7, 11) is 0. The van der Waals surface area contributed by atoms with Gasteiger partial charge in [-0.15, -0.1) is 23.1 Å². The number of ether oxygens (including phenoxy) is 1. The molecule has 4 nitrogen and oxygen atoms in total. The average molecular weight is 351 g/mol. The molecule has 0 spiro atoms. The van der Waals surface area contributed by atoms with Crippen LogP contribution in [-0.2, 0) is 4.79 Å². The van der Waals surface area contributed by atoms with E-state index in [0.29, 0.717) is 22.7 Å². The number of carbonyl (C=O) groups is 1. The smallest absolute Gasteiger partial charge is 0.236 e. The third kappa shape index (κ3) is 5.25. The SMILES string of the molecule is CCOc1ccc(-c2nc(NC(=O)CSC(C)C)sc2C)cc1. The highest BCUT2D eigenvalue weighted by atomic mass is 32.2. The van der Waals surface area contributed by atoms with Crippen LogP contribution in [0.2, 0.25) is 0 Å². The molecule has 1 heterocycles. The number of anilines is 1.